The molecule has 1 aliphatic rings. The van der Waals surface area contributed by atoms with Crippen LogP contribution in [0.25, 0.3) is 0 Å². The first-order valence-electron chi connectivity index (χ1n) is 7.01. The van der Waals surface area contributed by atoms with E-state index in [9.17, 15) is 0 Å². The van der Waals surface area contributed by atoms with Gasteiger partial charge in [-0.3, -0.25) is 4.90 Å². The highest BCUT2D eigenvalue weighted by Gasteiger charge is 2.18. The Labute approximate surface area is 111 Å². The van der Waals surface area contributed by atoms with E-state index < -0.39 is 0 Å². The summed E-state index contributed by atoms with van der Waals surface area (Å²) >= 11 is 0. The lowest BCUT2D eigenvalue weighted by atomic mass is 9.86. The first-order valence-corrected chi connectivity index (χ1v) is 7.01. The molecule has 1 atom stereocenters. The minimum absolute atomic E-state index is 0.251. The van der Waals surface area contributed by atoms with E-state index in [0.29, 0.717) is 6.04 Å². The highest BCUT2D eigenvalue weighted by molar-refractivity contribution is 5.27. The number of nitrogens with zero attached hydrogens (tertiary/aromatic N) is 1. The van der Waals surface area contributed by atoms with Crippen LogP contribution in [0.3, 0.4) is 0 Å². The molecule has 2 rings (SSSR count). The van der Waals surface area contributed by atoms with Crippen LogP contribution in [0.4, 0.5) is 0 Å². The number of hydrogen-bond donors (Lipinski definition) is 1. The summed E-state index contributed by atoms with van der Waals surface area (Å²) < 4.78 is 0. The van der Waals surface area contributed by atoms with Crippen molar-refractivity contribution < 1.29 is 0 Å². The third-order valence-corrected chi connectivity index (χ3v) is 3.84. The fourth-order valence-corrected chi connectivity index (χ4v) is 2.46. The van der Waals surface area contributed by atoms with Gasteiger partial charge in [0.2, 0.25) is 0 Å². The monoisotopic (exact) mass is 246 g/mol. The standard InChI is InChI=1S/C16H26N2/c1-13-11-17-9-10-18(13)12-14-5-7-15(8-6-14)16(2,3)4/h5-8,13,17H,9-12H2,1-4H3. The van der Waals surface area contributed by atoms with Crippen molar-refractivity contribution in [3.05, 3.63) is 35.4 Å². The fraction of sp³-hybridized carbons (Fsp3) is 0.625. The van der Waals surface area contributed by atoms with Gasteiger partial charge < -0.3 is 5.32 Å². The normalized spacial score (nSPS) is 22.1. The molecule has 0 aromatic heterocycles. The van der Waals surface area contributed by atoms with Gasteiger partial charge in [-0.2, -0.15) is 0 Å². The summed E-state index contributed by atoms with van der Waals surface area (Å²) in [6.07, 6.45) is 0. The van der Waals surface area contributed by atoms with Gasteiger partial charge in [-0.15, -0.1) is 0 Å². The van der Waals surface area contributed by atoms with Crippen LogP contribution in [0, 0.1) is 0 Å². The van der Waals surface area contributed by atoms with Gasteiger partial charge in [0.1, 0.15) is 0 Å². The van der Waals surface area contributed by atoms with Crippen LogP contribution in [0.1, 0.15) is 38.8 Å². The second-order valence-corrected chi connectivity index (χ2v) is 6.47. The van der Waals surface area contributed by atoms with Crippen molar-refractivity contribution in [1.82, 2.24) is 10.2 Å². The van der Waals surface area contributed by atoms with Gasteiger partial charge in [-0.05, 0) is 23.5 Å². The molecule has 1 aromatic rings. The average molecular weight is 246 g/mol. The molecule has 0 amide bonds. The maximum absolute atomic E-state index is 3.44. The molecule has 2 heteroatoms. The summed E-state index contributed by atoms with van der Waals surface area (Å²) in [6.45, 7) is 13.6. The van der Waals surface area contributed by atoms with Gasteiger partial charge in [-0.25, -0.2) is 0 Å². The van der Waals surface area contributed by atoms with Crippen molar-refractivity contribution in [3.63, 3.8) is 0 Å². The molecule has 1 unspecified atom stereocenters. The predicted octanol–water partition coefficient (Wildman–Crippen LogP) is 2.78. The zero-order chi connectivity index (χ0) is 13.2. The Kier molecular flexibility index (Phi) is 4.08. The van der Waals surface area contributed by atoms with Crippen molar-refractivity contribution in [2.75, 3.05) is 19.6 Å². The number of nitrogens with one attached hydrogen (secondary N) is 1. The Balaban J connectivity index is 2.02. The van der Waals surface area contributed by atoms with E-state index in [1.807, 2.05) is 0 Å². The molecular formula is C16H26N2. The van der Waals surface area contributed by atoms with Crippen molar-refractivity contribution in [1.29, 1.82) is 0 Å². The Morgan fingerprint density at radius 1 is 1.22 bits per heavy atom. The number of piperazine rings is 1. The van der Waals surface area contributed by atoms with Crippen LogP contribution in [0.5, 0.6) is 0 Å². The highest BCUT2D eigenvalue weighted by atomic mass is 15.2. The predicted molar refractivity (Wildman–Crippen MR) is 77.9 cm³/mol. The number of benzene rings is 1. The van der Waals surface area contributed by atoms with E-state index in [0.717, 1.165) is 26.2 Å². The molecular weight excluding hydrogens is 220 g/mol. The van der Waals surface area contributed by atoms with Gasteiger partial charge in [0.05, 0.1) is 0 Å². The van der Waals surface area contributed by atoms with Crippen molar-refractivity contribution in [3.8, 4) is 0 Å². The summed E-state index contributed by atoms with van der Waals surface area (Å²) in [5.41, 5.74) is 3.09. The summed E-state index contributed by atoms with van der Waals surface area (Å²) in [7, 11) is 0. The van der Waals surface area contributed by atoms with Crippen molar-refractivity contribution in [2.24, 2.45) is 0 Å². The third-order valence-electron chi connectivity index (χ3n) is 3.84. The van der Waals surface area contributed by atoms with Gasteiger partial charge in [-0.1, -0.05) is 45.0 Å². The van der Waals surface area contributed by atoms with Crippen molar-refractivity contribution in [2.45, 2.75) is 45.7 Å². The van der Waals surface area contributed by atoms with Crippen LogP contribution in [0.2, 0.25) is 0 Å². The van der Waals surface area contributed by atoms with Gasteiger partial charge in [0.25, 0.3) is 0 Å². The molecule has 18 heavy (non-hydrogen) atoms. The second kappa shape index (κ2) is 5.41. The largest absolute Gasteiger partial charge is 0.314 e. The summed E-state index contributed by atoms with van der Waals surface area (Å²) in [6, 6.07) is 9.77. The smallest absolute Gasteiger partial charge is 0.0237 e. The molecule has 1 fully saturated rings. The summed E-state index contributed by atoms with van der Waals surface area (Å²) in [5, 5.41) is 3.44. The Morgan fingerprint density at radius 2 is 1.89 bits per heavy atom. The van der Waals surface area contributed by atoms with Crippen LogP contribution < -0.4 is 5.32 Å². The molecule has 0 bridgehead atoms. The molecule has 1 saturated heterocycles. The Morgan fingerprint density at radius 3 is 2.44 bits per heavy atom. The molecule has 1 aromatic carbocycles. The van der Waals surface area contributed by atoms with E-state index in [-0.39, 0.29) is 5.41 Å². The minimum Gasteiger partial charge on any atom is -0.314 e. The second-order valence-electron chi connectivity index (χ2n) is 6.47. The molecule has 0 aliphatic carbocycles. The van der Waals surface area contributed by atoms with E-state index >= 15 is 0 Å². The third kappa shape index (κ3) is 3.33. The van der Waals surface area contributed by atoms with E-state index in [2.05, 4.69) is 62.2 Å². The first kappa shape index (κ1) is 13.6. The van der Waals surface area contributed by atoms with Gasteiger partial charge in [0.15, 0.2) is 0 Å². The maximum Gasteiger partial charge on any atom is 0.0237 e. The molecule has 0 radical (unpaired) electrons. The first-order chi connectivity index (χ1) is 8.47. The Hall–Kier alpha value is -0.860. The topological polar surface area (TPSA) is 15.3 Å². The molecule has 2 nitrogen and oxygen atoms in total. The van der Waals surface area contributed by atoms with Crippen LogP contribution >= 0.6 is 0 Å². The maximum atomic E-state index is 3.44. The minimum atomic E-state index is 0.251. The summed E-state index contributed by atoms with van der Waals surface area (Å²) in [5.74, 6) is 0. The van der Waals surface area contributed by atoms with Crippen LogP contribution in [0.15, 0.2) is 24.3 Å². The van der Waals surface area contributed by atoms with Crippen LogP contribution in [-0.4, -0.2) is 30.6 Å². The van der Waals surface area contributed by atoms with E-state index in [4.69, 9.17) is 0 Å². The van der Waals surface area contributed by atoms with Gasteiger partial charge >= 0.3 is 0 Å². The Bertz CT molecular complexity index is 375. The van der Waals surface area contributed by atoms with E-state index in [1.165, 1.54) is 11.1 Å². The molecule has 100 valence electrons. The number of hydrogen-bond acceptors (Lipinski definition) is 2. The molecule has 0 spiro atoms. The summed E-state index contributed by atoms with van der Waals surface area (Å²) in [4.78, 5) is 2.56. The molecule has 0 saturated carbocycles. The average Bonchev–Trinajstić information content (AvgIpc) is 2.32. The molecule has 1 heterocycles. The molecule has 1 aliphatic heterocycles. The zero-order valence-corrected chi connectivity index (χ0v) is 12.2. The quantitative estimate of drug-likeness (QED) is 0.863. The van der Waals surface area contributed by atoms with E-state index in [1.54, 1.807) is 0 Å². The molecule has 1 N–H and O–H groups in total. The number of rotatable bonds is 2. The highest BCUT2D eigenvalue weighted by Crippen LogP contribution is 2.22. The zero-order valence-electron chi connectivity index (χ0n) is 12.2. The SMILES string of the molecule is CC1CNCCN1Cc1ccc(C(C)(C)C)cc1. The lowest BCUT2D eigenvalue weighted by molar-refractivity contribution is 0.165. The fourth-order valence-electron chi connectivity index (χ4n) is 2.46. The van der Waals surface area contributed by atoms with Crippen LogP contribution in [-0.2, 0) is 12.0 Å². The van der Waals surface area contributed by atoms with Crippen molar-refractivity contribution >= 4 is 0 Å². The lowest BCUT2D eigenvalue weighted by Crippen LogP contribution is -2.49. The van der Waals surface area contributed by atoms with Gasteiger partial charge in [0, 0.05) is 32.2 Å². The lowest BCUT2D eigenvalue weighted by Gasteiger charge is -2.34.